The van der Waals surface area contributed by atoms with Crippen LogP contribution in [0.25, 0.3) is 5.69 Å². The van der Waals surface area contributed by atoms with E-state index >= 15 is 0 Å². The lowest BCUT2D eigenvalue weighted by molar-refractivity contribution is 0.0957. The zero-order valence-electron chi connectivity index (χ0n) is 10.8. The molecule has 0 spiro atoms. The third-order valence-electron chi connectivity index (χ3n) is 2.69. The molecule has 100 valence electrons. The zero-order valence-corrected chi connectivity index (χ0v) is 10.8. The fraction of sp³-hybridized carbons (Fsp3) is 0.231. The van der Waals surface area contributed by atoms with E-state index in [1.165, 1.54) is 17.8 Å². The summed E-state index contributed by atoms with van der Waals surface area (Å²) >= 11 is 0. The van der Waals surface area contributed by atoms with E-state index in [0.717, 1.165) is 5.56 Å². The predicted molar refractivity (Wildman–Crippen MR) is 69.7 cm³/mol. The van der Waals surface area contributed by atoms with Crippen molar-refractivity contribution in [3.63, 3.8) is 0 Å². The highest BCUT2D eigenvalue weighted by atomic mass is 19.1. The Morgan fingerprint density at radius 2 is 2.16 bits per heavy atom. The Hall–Kier alpha value is -2.21. The number of carbonyl (C=O) groups excluding carboxylic acids is 1. The van der Waals surface area contributed by atoms with Gasteiger partial charge < -0.3 is 10.6 Å². The summed E-state index contributed by atoms with van der Waals surface area (Å²) < 4.78 is 15.3. The molecule has 2 N–H and O–H groups in total. The van der Waals surface area contributed by atoms with E-state index in [4.69, 9.17) is 0 Å². The van der Waals surface area contributed by atoms with Gasteiger partial charge in [0, 0.05) is 19.8 Å². The van der Waals surface area contributed by atoms with Gasteiger partial charge in [0.25, 0.3) is 5.91 Å². The minimum atomic E-state index is -0.376. The molecular formula is C13H15FN4O. The normalized spacial score (nSPS) is 10.5. The first kappa shape index (κ1) is 13.2. The summed E-state index contributed by atoms with van der Waals surface area (Å²) in [6, 6.07) is 6.45. The molecule has 5 nitrogen and oxygen atoms in total. The van der Waals surface area contributed by atoms with Crippen molar-refractivity contribution in [2.75, 3.05) is 14.1 Å². The van der Waals surface area contributed by atoms with Gasteiger partial charge in [0.15, 0.2) is 5.69 Å². The summed E-state index contributed by atoms with van der Waals surface area (Å²) in [6.45, 7) is 0.597. The SMILES string of the molecule is CNCc1ccc(-n2ccc(C(=O)NC)n2)c(F)c1. The van der Waals surface area contributed by atoms with Crippen LogP contribution in [-0.4, -0.2) is 29.8 Å². The van der Waals surface area contributed by atoms with E-state index in [0.29, 0.717) is 12.2 Å². The van der Waals surface area contributed by atoms with Gasteiger partial charge in [0.2, 0.25) is 0 Å². The Kier molecular flexibility index (Phi) is 3.91. The first-order chi connectivity index (χ1) is 9.15. The van der Waals surface area contributed by atoms with Crippen molar-refractivity contribution in [1.29, 1.82) is 0 Å². The molecule has 0 bridgehead atoms. The molecule has 1 aromatic heterocycles. The number of halogens is 1. The maximum Gasteiger partial charge on any atom is 0.271 e. The van der Waals surface area contributed by atoms with Gasteiger partial charge in [0.05, 0.1) is 0 Å². The van der Waals surface area contributed by atoms with Crippen LogP contribution in [0.3, 0.4) is 0 Å². The fourth-order valence-corrected chi connectivity index (χ4v) is 1.76. The molecule has 6 heteroatoms. The molecule has 1 amide bonds. The van der Waals surface area contributed by atoms with Gasteiger partial charge in [-0.3, -0.25) is 4.79 Å². The summed E-state index contributed by atoms with van der Waals surface area (Å²) in [7, 11) is 3.32. The summed E-state index contributed by atoms with van der Waals surface area (Å²) in [5.41, 5.74) is 1.42. The fourth-order valence-electron chi connectivity index (χ4n) is 1.76. The third kappa shape index (κ3) is 2.79. The second-order valence-electron chi connectivity index (χ2n) is 4.04. The highest BCUT2D eigenvalue weighted by molar-refractivity contribution is 5.91. The number of aromatic nitrogens is 2. The van der Waals surface area contributed by atoms with E-state index in [-0.39, 0.29) is 17.4 Å². The second kappa shape index (κ2) is 5.62. The van der Waals surface area contributed by atoms with Crippen LogP contribution < -0.4 is 10.6 Å². The molecule has 0 atom stereocenters. The van der Waals surface area contributed by atoms with Crippen molar-refractivity contribution in [2.24, 2.45) is 0 Å². The Morgan fingerprint density at radius 3 is 2.79 bits per heavy atom. The van der Waals surface area contributed by atoms with E-state index in [1.807, 2.05) is 6.07 Å². The average molecular weight is 262 g/mol. The molecule has 0 aliphatic carbocycles. The standard InChI is InChI=1S/C13H15FN4O/c1-15-8-9-3-4-12(10(14)7-9)18-6-5-11(17-18)13(19)16-2/h3-7,15H,8H2,1-2H3,(H,16,19). The summed E-state index contributed by atoms with van der Waals surface area (Å²) in [5, 5.41) is 9.46. The molecule has 0 fully saturated rings. The lowest BCUT2D eigenvalue weighted by Gasteiger charge is -2.06. The van der Waals surface area contributed by atoms with Crippen LogP contribution in [0.5, 0.6) is 0 Å². The predicted octanol–water partition coefficient (Wildman–Crippen LogP) is 1.09. The summed E-state index contributed by atoms with van der Waals surface area (Å²) in [6.07, 6.45) is 1.56. The quantitative estimate of drug-likeness (QED) is 0.867. The lowest BCUT2D eigenvalue weighted by Crippen LogP contribution is -2.18. The molecular weight excluding hydrogens is 247 g/mol. The number of hydrogen-bond donors (Lipinski definition) is 2. The van der Waals surface area contributed by atoms with Crippen molar-refractivity contribution in [3.8, 4) is 5.69 Å². The average Bonchev–Trinajstić information content (AvgIpc) is 2.88. The van der Waals surface area contributed by atoms with Gasteiger partial charge in [-0.1, -0.05) is 6.07 Å². The maximum atomic E-state index is 14.0. The van der Waals surface area contributed by atoms with Gasteiger partial charge in [0.1, 0.15) is 11.5 Å². The topological polar surface area (TPSA) is 59.0 Å². The Balaban J connectivity index is 2.31. The summed E-state index contributed by atoms with van der Waals surface area (Å²) in [5.74, 6) is -0.676. The molecule has 2 rings (SSSR count). The van der Waals surface area contributed by atoms with Crippen LogP contribution in [-0.2, 0) is 6.54 Å². The molecule has 0 unspecified atom stereocenters. The van der Waals surface area contributed by atoms with E-state index < -0.39 is 0 Å². The van der Waals surface area contributed by atoms with Gasteiger partial charge >= 0.3 is 0 Å². The number of amides is 1. The van der Waals surface area contributed by atoms with Crippen molar-refractivity contribution >= 4 is 5.91 Å². The Bertz CT molecular complexity index is 594. The van der Waals surface area contributed by atoms with Crippen LogP contribution in [0, 0.1) is 5.82 Å². The molecule has 0 saturated carbocycles. The molecule has 0 saturated heterocycles. The number of hydrogen-bond acceptors (Lipinski definition) is 3. The van der Waals surface area contributed by atoms with Crippen LogP contribution in [0.1, 0.15) is 16.1 Å². The largest absolute Gasteiger partial charge is 0.354 e. The van der Waals surface area contributed by atoms with Gasteiger partial charge in [-0.2, -0.15) is 5.10 Å². The molecule has 1 heterocycles. The minimum Gasteiger partial charge on any atom is -0.354 e. The molecule has 2 aromatic rings. The first-order valence-corrected chi connectivity index (χ1v) is 5.87. The van der Waals surface area contributed by atoms with Crippen LogP contribution in [0.2, 0.25) is 0 Å². The molecule has 1 aromatic carbocycles. The first-order valence-electron chi connectivity index (χ1n) is 5.87. The van der Waals surface area contributed by atoms with E-state index in [2.05, 4.69) is 15.7 Å². The minimum absolute atomic E-state index is 0.251. The summed E-state index contributed by atoms with van der Waals surface area (Å²) in [4.78, 5) is 11.4. The highest BCUT2D eigenvalue weighted by Crippen LogP contribution is 2.15. The van der Waals surface area contributed by atoms with Crippen LogP contribution in [0.4, 0.5) is 4.39 Å². The van der Waals surface area contributed by atoms with Gasteiger partial charge in [-0.15, -0.1) is 0 Å². The van der Waals surface area contributed by atoms with Crippen LogP contribution >= 0.6 is 0 Å². The number of rotatable bonds is 4. The molecule has 0 aliphatic heterocycles. The second-order valence-corrected chi connectivity index (χ2v) is 4.04. The van der Waals surface area contributed by atoms with Crippen molar-refractivity contribution < 1.29 is 9.18 Å². The monoisotopic (exact) mass is 262 g/mol. The number of benzene rings is 1. The Morgan fingerprint density at radius 1 is 1.37 bits per heavy atom. The van der Waals surface area contributed by atoms with Crippen molar-refractivity contribution in [3.05, 3.63) is 47.5 Å². The van der Waals surface area contributed by atoms with Gasteiger partial charge in [-0.05, 0) is 30.8 Å². The smallest absolute Gasteiger partial charge is 0.271 e. The van der Waals surface area contributed by atoms with E-state index in [1.54, 1.807) is 25.4 Å². The third-order valence-corrected chi connectivity index (χ3v) is 2.69. The highest BCUT2D eigenvalue weighted by Gasteiger charge is 2.11. The molecule has 0 aliphatic rings. The number of carbonyl (C=O) groups is 1. The molecule has 19 heavy (non-hydrogen) atoms. The van der Waals surface area contributed by atoms with E-state index in [9.17, 15) is 9.18 Å². The van der Waals surface area contributed by atoms with Crippen LogP contribution in [0.15, 0.2) is 30.5 Å². The number of nitrogens with zero attached hydrogens (tertiary/aromatic N) is 2. The van der Waals surface area contributed by atoms with Crippen molar-refractivity contribution in [2.45, 2.75) is 6.54 Å². The van der Waals surface area contributed by atoms with Gasteiger partial charge in [-0.25, -0.2) is 9.07 Å². The maximum absolute atomic E-state index is 14.0. The lowest BCUT2D eigenvalue weighted by atomic mass is 10.2. The Labute approximate surface area is 110 Å². The zero-order chi connectivity index (χ0) is 13.8. The molecule has 0 radical (unpaired) electrons. The van der Waals surface area contributed by atoms with Crippen molar-refractivity contribution in [1.82, 2.24) is 20.4 Å². The number of nitrogens with one attached hydrogen (secondary N) is 2.